The molecule has 0 unspecified atom stereocenters. The van der Waals surface area contributed by atoms with Gasteiger partial charge in [-0.05, 0) is 68.3 Å². The number of hydrogen-bond donors (Lipinski definition) is 1. The van der Waals surface area contributed by atoms with Gasteiger partial charge in [0.25, 0.3) is 5.91 Å². The van der Waals surface area contributed by atoms with E-state index in [1.165, 1.54) is 41.6 Å². The van der Waals surface area contributed by atoms with Crippen molar-refractivity contribution < 1.29 is 9.53 Å². The van der Waals surface area contributed by atoms with Crippen molar-refractivity contribution in [2.24, 2.45) is 16.0 Å². The minimum absolute atomic E-state index is 0.0904. The Balaban J connectivity index is 1.30. The third-order valence-electron chi connectivity index (χ3n) is 6.50. The van der Waals surface area contributed by atoms with Gasteiger partial charge in [-0.15, -0.1) is 0 Å². The molecule has 1 N–H and O–H groups in total. The van der Waals surface area contributed by atoms with Crippen LogP contribution in [-0.4, -0.2) is 38.1 Å². The number of aromatic nitrogens is 1. The minimum atomic E-state index is -0.386. The van der Waals surface area contributed by atoms with Crippen LogP contribution in [0.2, 0.25) is 0 Å². The summed E-state index contributed by atoms with van der Waals surface area (Å²) >= 11 is 1.45. The first-order valence-electron chi connectivity index (χ1n) is 11.8. The van der Waals surface area contributed by atoms with Crippen molar-refractivity contribution in [1.82, 2.24) is 9.58 Å². The molecule has 3 heterocycles. The van der Waals surface area contributed by atoms with Crippen molar-refractivity contribution in [1.29, 1.82) is 5.41 Å². The third-order valence-corrected chi connectivity index (χ3v) is 7.57. The van der Waals surface area contributed by atoms with E-state index < -0.39 is 0 Å². The molecular weight excluding hydrogens is 446 g/mol. The Hall–Kier alpha value is -3.13. The molecule has 0 saturated heterocycles. The van der Waals surface area contributed by atoms with Gasteiger partial charge in [-0.1, -0.05) is 37.0 Å². The summed E-state index contributed by atoms with van der Waals surface area (Å²) in [5.74, 6) is 0.995. The monoisotopic (exact) mass is 475 g/mol. The lowest BCUT2D eigenvalue weighted by Gasteiger charge is -2.20. The molecule has 1 aromatic heterocycles. The molecule has 0 atom stereocenters. The van der Waals surface area contributed by atoms with Gasteiger partial charge in [-0.2, -0.15) is 15.1 Å². The molecule has 0 spiro atoms. The predicted molar refractivity (Wildman–Crippen MR) is 137 cm³/mol. The molecule has 8 heteroatoms. The van der Waals surface area contributed by atoms with Crippen molar-refractivity contribution in [2.45, 2.75) is 52.5 Å². The van der Waals surface area contributed by atoms with Crippen molar-refractivity contribution in [2.75, 3.05) is 6.61 Å². The summed E-state index contributed by atoms with van der Waals surface area (Å²) in [5, 5.41) is 16.4. The number of aryl methyl sites for hydroxylation is 2. The molecule has 2 aromatic rings. The summed E-state index contributed by atoms with van der Waals surface area (Å²) in [7, 11) is 0. The smallest absolute Gasteiger partial charge is 0.283 e. The first kappa shape index (κ1) is 22.7. The number of hydrogen-bond acceptors (Lipinski definition) is 5. The molecule has 2 aliphatic heterocycles. The number of nitrogens with zero attached hydrogens (tertiary/aromatic N) is 4. The van der Waals surface area contributed by atoms with Gasteiger partial charge in [-0.3, -0.25) is 10.2 Å². The summed E-state index contributed by atoms with van der Waals surface area (Å²) in [4.78, 5) is 17.1. The molecule has 0 radical (unpaired) electrons. The highest BCUT2D eigenvalue weighted by Crippen LogP contribution is 2.36. The Morgan fingerprint density at radius 2 is 2.03 bits per heavy atom. The second-order valence-corrected chi connectivity index (χ2v) is 10.0. The Kier molecular flexibility index (Phi) is 6.41. The van der Waals surface area contributed by atoms with Crippen LogP contribution in [0.15, 0.2) is 52.2 Å². The summed E-state index contributed by atoms with van der Waals surface area (Å²) in [5.41, 5.74) is 3.41. The number of hydrazone groups is 1. The zero-order valence-electron chi connectivity index (χ0n) is 19.6. The number of amidine groups is 2. The number of rotatable bonds is 6. The molecule has 1 fully saturated rings. The van der Waals surface area contributed by atoms with Crippen molar-refractivity contribution >= 4 is 39.8 Å². The van der Waals surface area contributed by atoms with Gasteiger partial charge in [0.2, 0.25) is 5.17 Å². The molecule has 0 bridgehead atoms. The Labute approximate surface area is 204 Å². The largest absolute Gasteiger partial charge is 0.491 e. The Bertz CT molecular complexity index is 1220. The molecule has 1 saturated carbocycles. The summed E-state index contributed by atoms with van der Waals surface area (Å²) in [6.45, 7) is 5.23. The van der Waals surface area contributed by atoms with Gasteiger partial charge in [0.1, 0.15) is 17.4 Å². The Morgan fingerprint density at radius 1 is 1.21 bits per heavy atom. The molecule has 34 heavy (non-hydrogen) atoms. The van der Waals surface area contributed by atoms with E-state index in [2.05, 4.69) is 23.1 Å². The molecule has 1 aromatic carbocycles. The SMILES string of the molecule is Cc1ccc(OCCn2cccc2/C=C2/C(=N)N3N=C(C4CCCCC4)SC3=NC2=O)c(C)c1. The van der Waals surface area contributed by atoms with E-state index >= 15 is 0 Å². The maximum atomic E-state index is 12.8. The fourth-order valence-electron chi connectivity index (χ4n) is 4.65. The summed E-state index contributed by atoms with van der Waals surface area (Å²) in [6, 6.07) is 10.0. The van der Waals surface area contributed by atoms with E-state index in [0.29, 0.717) is 24.2 Å². The molecule has 1 amide bonds. The fraction of sp³-hybridized carbons (Fsp3) is 0.385. The van der Waals surface area contributed by atoms with E-state index in [1.807, 2.05) is 42.0 Å². The Morgan fingerprint density at radius 3 is 2.82 bits per heavy atom. The van der Waals surface area contributed by atoms with E-state index in [0.717, 1.165) is 34.9 Å². The normalized spacial score (nSPS) is 19.9. The fourth-order valence-corrected chi connectivity index (χ4v) is 5.71. The van der Waals surface area contributed by atoms with Crippen LogP contribution in [-0.2, 0) is 11.3 Å². The highest BCUT2D eigenvalue weighted by Gasteiger charge is 2.38. The lowest BCUT2D eigenvalue weighted by atomic mass is 9.90. The molecule has 7 nitrogen and oxygen atoms in total. The number of benzene rings is 1. The van der Waals surface area contributed by atoms with Crippen LogP contribution in [0.5, 0.6) is 5.75 Å². The molecule has 1 aliphatic carbocycles. The number of amides is 1. The maximum absolute atomic E-state index is 12.8. The average Bonchev–Trinajstić information content (AvgIpc) is 3.46. The number of aliphatic imine (C=N–C) groups is 1. The maximum Gasteiger partial charge on any atom is 0.283 e. The molecular formula is C26H29N5O2S. The number of nitrogens with one attached hydrogen (secondary N) is 1. The van der Waals surface area contributed by atoms with Crippen molar-refractivity contribution in [3.63, 3.8) is 0 Å². The number of ether oxygens (including phenoxy) is 1. The molecule has 5 rings (SSSR count). The van der Waals surface area contributed by atoms with E-state index in [9.17, 15) is 4.79 Å². The first-order chi connectivity index (χ1) is 16.5. The lowest BCUT2D eigenvalue weighted by molar-refractivity contribution is -0.114. The number of thioether (sulfide) groups is 1. The van der Waals surface area contributed by atoms with Gasteiger partial charge in [0, 0.05) is 17.8 Å². The first-order valence-corrected chi connectivity index (χ1v) is 12.7. The van der Waals surface area contributed by atoms with Crippen LogP contribution in [0.25, 0.3) is 6.08 Å². The van der Waals surface area contributed by atoms with Crippen molar-refractivity contribution in [3.8, 4) is 5.75 Å². The van der Waals surface area contributed by atoms with Gasteiger partial charge in [-0.25, -0.2) is 0 Å². The van der Waals surface area contributed by atoms with Crippen LogP contribution in [0.3, 0.4) is 0 Å². The molecule has 3 aliphatic rings. The second-order valence-electron chi connectivity index (χ2n) is 9.04. The average molecular weight is 476 g/mol. The lowest BCUT2D eigenvalue weighted by Crippen LogP contribution is -2.35. The van der Waals surface area contributed by atoms with Crippen LogP contribution >= 0.6 is 11.8 Å². The topological polar surface area (TPSA) is 83.0 Å². The highest BCUT2D eigenvalue weighted by atomic mass is 32.2. The zero-order chi connectivity index (χ0) is 23.7. The van der Waals surface area contributed by atoms with E-state index in [4.69, 9.17) is 10.1 Å². The third kappa shape index (κ3) is 4.59. The quantitative estimate of drug-likeness (QED) is 0.569. The van der Waals surface area contributed by atoms with Crippen LogP contribution in [0.1, 0.15) is 48.9 Å². The number of carbonyl (C=O) groups is 1. The highest BCUT2D eigenvalue weighted by molar-refractivity contribution is 8.27. The zero-order valence-corrected chi connectivity index (χ0v) is 20.4. The van der Waals surface area contributed by atoms with Crippen LogP contribution in [0.4, 0.5) is 0 Å². The van der Waals surface area contributed by atoms with Gasteiger partial charge in [0.05, 0.1) is 12.1 Å². The predicted octanol–water partition coefficient (Wildman–Crippen LogP) is 5.38. The second kappa shape index (κ2) is 9.62. The standard InChI is InChI=1S/C26H29N5O2S/c1-17-10-11-22(18(2)15-17)33-14-13-30-12-6-9-20(30)16-21-23(27)31-26(28-24(21)32)34-25(29-31)19-7-4-3-5-8-19/h6,9-12,15-16,19,27H,3-5,7-8,13-14H2,1-2H3/b21-16-,27-23?. The summed E-state index contributed by atoms with van der Waals surface area (Å²) < 4.78 is 8.00. The number of fused-ring (bicyclic) bond motifs is 1. The van der Waals surface area contributed by atoms with Gasteiger partial charge >= 0.3 is 0 Å². The van der Waals surface area contributed by atoms with E-state index in [-0.39, 0.29) is 17.3 Å². The van der Waals surface area contributed by atoms with Crippen LogP contribution < -0.4 is 4.74 Å². The van der Waals surface area contributed by atoms with E-state index in [1.54, 1.807) is 6.08 Å². The molecule has 176 valence electrons. The van der Waals surface area contributed by atoms with Gasteiger partial charge < -0.3 is 9.30 Å². The minimum Gasteiger partial charge on any atom is -0.491 e. The number of carbonyl (C=O) groups excluding carboxylic acids is 1. The summed E-state index contributed by atoms with van der Waals surface area (Å²) in [6.07, 6.45) is 9.62. The van der Waals surface area contributed by atoms with Gasteiger partial charge in [0.15, 0.2) is 5.84 Å². The van der Waals surface area contributed by atoms with Crippen LogP contribution in [0, 0.1) is 25.2 Å². The van der Waals surface area contributed by atoms with Crippen molar-refractivity contribution in [3.05, 3.63) is 58.9 Å².